The second-order valence-electron chi connectivity index (χ2n) is 11.7. The van der Waals surface area contributed by atoms with Crippen LogP contribution in [-0.4, -0.2) is 91.5 Å². The Labute approximate surface area is 241 Å². The van der Waals surface area contributed by atoms with Gasteiger partial charge in [-0.3, -0.25) is 14.4 Å². The summed E-state index contributed by atoms with van der Waals surface area (Å²) < 4.78 is 17.3. The SMILES string of the molecule is CCOCCCN(C(=O)CC1CC2CCC1C2)[C@@H]1C=C(C(=O)NCCO)[C@@H]2c3cc(C=O)cc(OC)c3O[C@@H]2[C@H]1O. The zero-order chi connectivity index (χ0) is 29.1. The summed E-state index contributed by atoms with van der Waals surface area (Å²) in [5, 5.41) is 23.9. The highest BCUT2D eigenvalue weighted by Gasteiger charge is 2.52. The van der Waals surface area contributed by atoms with Crippen molar-refractivity contribution in [2.24, 2.45) is 17.8 Å². The molecule has 2 bridgehead atoms. The van der Waals surface area contributed by atoms with E-state index in [2.05, 4.69) is 5.32 Å². The van der Waals surface area contributed by atoms with Crippen LogP contribution >= 0.6 is 0 Å². The lowest BCUT2D eigenvalue weighted by Gasteiger charge is -2.41. The fraction of sp³-hybridized carbons (Fsp3) is 0.645. The van der Waals surface area contributed by atoms with Gasteiger partial charge in [-0.15, -0.1) is 0 Å². The highest BCUT2D eigenvalue weighted by molar-refractivity contribution is 5.96. The number of fused-ring (bicyclic) bond motifs is 5. The Hall–Kier alpha value is -2.95. The third-order valence-corrected chi connectivity index (χ3v) is 9.30. The Balaban J connectivity index is 1.49. The number of carbonyl (C=O) groups excluding carboxylic acids is 3. The zero-order valence-electron chi connectivity index (χ0n) is 23.9. The fourth-order valence-corrected chi connectivity index (χ4v) is 7.45. The molecule has 3 aliphatic carbocycles. The standard InChI is InChI=1S/C31H42N2O8/c1-3-40-10-4-8-33(26(36)15-21-12-18-5-6-20(21)11-18)24-16-23(31(38)32-7-9-34)27-22-13-19(17-35)14-25(39-2)29(22)41-30(27)28(24)37/h13-14,16-18,20-21,24,27-28,30,34,37H,3-12,15H2,1-2H3,(H,32,38)/t18?,20?,21?,24-,27+,28+,30+/m1/s1. The molecule has 1 aromatic rings. The lowest BCUT2D eigenvalue weighted by Crippen LogP contribution is -2.56. The lowest BCUT2D eigenvalue weighted by molar-refractivity contribution is -0.138. The van der Waals surface area contributed by atoms with Crippen LogP contribution in [0, 0.1) is 17.8 Å². The van der Waals surface area contributed by atoms with Crippen LogP contribution in [0.1, 0.15) is 67.3 Å². The maximum Gasteiger partial charge on any atom is 0.247 e. The lowest BCUT2D eigenvalue weighted by atomic mass is 9.77. The Morgan fingerprint density at radius 1 is 1.24 bits per heavy atom. The molecular weight excluding hydrogens is 528 g/mol. The zero-order valence-corrected chi connectivity index (χ0v) is 23.9. The minimum absolute atomic E-state index is 0.0377. The molecule has 2 fully saturated rings. The van der Waals surface area contributed by atoms with Crippen molar-refractivity contribution in [2.45, 2.75) is 69.6 Å². The second-order valence-corrected chi connectivity index (χ2v) is 11.7. The summed E-state index contributed by atoms with van der Waals surface area (Å²) in [6.07, 6.45) is 6.06. The van der Waals surface area contributed by atoms with Crippen molar-refractivity contribution in [1.29, 1.82) is 0 Å². The molecule has 7 atom stereocenters. The Morgan fingerprint density at radius 3 is 2.73 bits per heavy atom. The van der Waals surface area contributed by atoms with Gasteiger partial charge in [0.1, 0.15) is 18.5 Å². The number of nitrogens with zero attached hydrogens (tertiary/aromatic N) is 1. The van der Waals surface area contributed by atoms with Crippen LogP contribution in [0.4, 0.5) is 0 Å². The van der Waals surface area contributed by atoms with Crippen LogP contribution in [0.15, 0.2) is 23.8 Å². The quantitative estimate of drug-likeness (QED) is 0.243. The normalized spacial score (nSPS) is 29.3. The number of carbonyl (C=O) groups is 3. The van der Waals surface area contributed by atoms with Crippen LogP contribution in [0.25, 0.3) is 0 Å². The summed E-state index contributed by atoms with van der Waals surface area (Å²) in [6.45, 7) is 3.15. The van der Waals surface area contributed by atoms with Gasteiger partial charge in [-0.05, 0) is 68.6 Å². The first-order valence-corrected chi connectivity index (χ1v) is 14.9. The van der Waals surface area contributed by atoms with Crippen LogP contribution < -0.4 is 14.8 Å². The molecular formula is C31H42N2O8. The van der Waals surface area contributed by atoms with E-state index < -0.39 is 30.1 Å². The van der Waals surface area contributed by atoms with Crippen molar-refractivity contribution in [2.75, 3.05) is 40.0 Å². The second kappa shape index (κ2) is 12.9. The maximum atomic E-state index is 13.9. The summed E-state index contributed by atoms with van der Waals surface area (Å²) in [6, 6.07) is 2.40. The van der Waals surface area contributed by atoms with Gasteiger partial charge in [0.25, 0.3) is 0 Å². The van der Waals surface area contributed by atoms with Crippen molar-refractivity contribution in [3.8, 4) is 11.5 Å². The third-order valence-electron chi connectivity index (χ3n) is 9.30. The largest absolute Gasteiger partial charge is 0.493 e. The number of amides is 2. The monoisotopic (exact) mass is 570 g/mol. The van der Waals surface area contributed by atoms with Gasteiger partial charge in [0.2, 0.25) is 11.8 Å². The van der Waals surface area contributed by atoms with E-state index in [0.29, 0.717) is 84.8 Å². The van der Waals surface area contributed by atoms with Gasteiger partial charge in [-0.2, -0.15) is 0 Å². The highest BCUT2D eigenvalue weighted by Crippen LogP contribution is 2.52. The van der Waals surface area contributed by atoms with E-state index in [-0.39, 0.29) is 19.1 Å². The number of ether oxygens (including phenoxy) is 3. The van der Waals surface area contributed by atoms with Crippen molar-refractivity contribution in [1.82, 2.24) is 10.2 Å². The minimum atomic E-state index is -1.14. The van der Waals surface area contributed by atoms with Gasteiger partial charge in [-0.25, -0.2) is 0 Å². The summed E-state index contributed by atoms with van der Waals surface area (Å²) in [4.78, 5) is 40.8. The molecule has 0 aromatic heterocycles. The maximum absolute atomic E-state index is 13.9. The third kappa shape index (κ3) is 5.87. The number of aliphatic hydroxyl groups is 2. The molecule has 10 nitrogen and oxygen atoms in total. The molecule has 224 valence electrons. The molecule has 4 aliphatic rings. The van der Waals surface area contributed by atoms with E-state index in [1.54, 1.807) is 23.1 Å². The summed E-state index contributed by atoms with van der Waals surface area (Å²) >= 11 is 0. The summed E-state index contributed by atoms with van der Waals surface area (Å²) in [5.41, 5.74) is 1.25. The molecule has 0 spiro atoms. The molecule has 10 heteroatoms. The first-order chi connectivity index (χ1) is 19.9. The predicted molar refractivity (Wildman–Crippen MR) is 150 cm³/mol. The van der Waals surface area contributed by atoms with E-state index >= 15 is 0 Å². The molecule has 1 aliphatic heterocycles. The van der Waals surface area contributed by atoms with Crippen molar-refractivity contribution >= 4 is 18.1 Å². The number of rotatable bonds is 13. The molecule has 41 heavy (non-hydrogen) atoms. The van der Waals surface area contributed by atoms with Gasteiger partial charge in [0.15, 0.2) is 11.5 Å². The Kier molecular flexibility index (Phi) is 9.31. The van der Waals surface area contributed by atoms with Crippen molar-refractivity contribution in [3.63, 3.8) is 0 Å². The van der Waals surface area contributed by atoms with Crippen LogP contribution in [0.2, 0.25) is 0 Å². The van der Waals surface area contributed by atoms with Gasteiger partial charge in [0.05, 0.1) is 25.7 Å². The van der Waals surface area contributed by atoms with Gasteiger partial charge in [0, 0.05) is 49.4 Å². The number of aldehydes is 1. The van der Waals surface area contributed by atoms with E-state index in [0.717, 1.165) is 6.42 Å². The molecule has 0 radical (unpaired) electrons. The summed E-state index contributed by atoms with van der Waals surface area (Å²) in [7, 11) is 1.47. The molecule has 0 saturated heterocycles. The summed E-state index contributed by atoms with van der Waals surface area (Å²) in [5.74, 6) is 1.19. The Morgan fingerprint density at radius 2 is 2.07 bits per heavy atom. The van der Waals surface area contributed by atoms with Crippen LogP contribution in [-0.2, 0) is 14.3 Å². The topological polar surface area (TPSA) is 135 Å². The smallest absolute Gasteiger partial charge is 0.247 e. The molecule has 3 N–H and O–H groups in total. The highest BCUT2D eigenvalue weighted by atomic mass is 16.5. The van der Waals surface area contributed by atoms with Gasteiger partial charge in [-0.1, -0.05) is 6.42 Å². The molecule has 2 amide bonds. The number of benzene rings is 1. The van der Waals surface area contributed by atoms with Gasteiger partial charge >= 0.3 is 0 Å². The Bertz CT molecular complexity index is 1170. The number of nitrogens with one attached hydrogen (secondary N) is 1. The molecule has 2 saturated carbocycles. The first-order valence-electron chi connectivity index (χ1n) is 14.9. The van der Waals surface area contributed by atoms with Crippen LogP contribution in [0.5, 0.6) is 11.5 Å². The average Bonchev–Trinajstić information content (AvgIpc) is 3.71. The first kappa shape index (κ1) is 29.5. The average molecular weight is 571 g/mol. The number of methoxy groups -OCH3 is 1. The van der Waals surface area contributed by atoms with E-state index in [9.17, 15) is 24.6 Å². The predicted octanol–water partition coefficient (Wildman–Crippen LogP) is 2.21. The van der Waals surface area contributed by atoms with E-state index in [1.165, 1.54) is 26.4 Å². The number of hydrogen-bond acceptors (Lipinski definition) is 8. The number of aliphatic hydroxyl groups excluding tert-OH is 2. The van der Waals surface area contributed by atoms with Crippen molar-refractivity contribution in [3.05, 3.63) is 34.9 Å². The van der Waals surface area contributed by atoms with Crippen molar-refractivity contribution < 1.29 is 38.8 Å². The van der Waals surface area contributed by atoms with Gasteiger partial charge < -0.3 is 34.6 Å². The molecule has 3 unspecified atom stereocenters. The molecule has 1 aromatic carbocycles. The van der Waals surface area contributed by atoms with Crippen LogP contribution in [0.3, 0.4) is 0 Å². The van der Waals surface area contributed by atoms with E-state index in [1.807, 2.05) is 6.92 Å². The minimum Gasteiger partial charge on any atom is -0.493 e. The molecule has 5 rings (SSSR count). The fourth-order valence-electron chi connectivity index (χ4n) is 7.45. The number of hydrogen-bond donors (Lipinski definition) is 3. The molecule has 1 heterocycles. The van der Waals surface area contributed by atoms with E-state index in [4.69, 9.17) is 14.2 Å².